The van der Waals surface area contributed by atoms with Crippen molar-refractivity contribution in [1.29, 1.82) is 0 Å². The summed E-state index contributed by atoms with van der Waals surface area (Å²) in [4.78, 5) is 0. The van der Waals surface area contributed by atoms with Crippen LogP contribution in [0.2, 0.25) is 0 Å². The SMILES string of the molecule is CC(c1ccccc1O)c1ccccc1Cc1ccccc1. The summed E-state index contributed by atoms with van der Waals surface area (Å²) < 4.78 is 0. The zero-order valence-corrected chi connectivity index (χ0v) is 12.7. The molecule has 3 aromatic rings. The molecule has 0 amide bonds. The van der Waals surface area contributed by atoms with Gasteiger partial charge in [-0.1, -0.05) is 79.7 Å². The molecule has 110 valence electrons. The first kappa shape index (κ1) is 14.4. The van der Waals surface area contributed by atoms with Gasteiger partial charge >= 0.3 is 0 Å². The van der Waals surface area contributed by atoms with Crippen LogP contribution in [0.4, 0.5) is 0 Å². The van der Waals surface area contributed by atoms with Crippen molar-refractivity contribution < 1.29 is 5.11 Å². The topological polar surface area (TPSA) is 20.2 Å². The lowest BCUT2D eigenvalue weighted by atomic mass is 9.87. The van der Waals surface area contributed by atoms with E-state index < -0.39 is 0 Å². The Balaban J connectivity index is 1.96. The van der Waals surface area contributed by atoms with Crippen LogP contribution in [0.15, 0.2) is 78.9 Å². The van der Waals surface area contributed by atoms with Crippen molar-refractivity contribution in [3.05, 3.63) is 101 Å². The number of rotatable bonds is 4. The van der Waals surface area contributed by atoms with Gasteiger partial charge in [-0.2, -0.15) is 0 Å². The molecule has 0 aliphatic carbocycles. The highest BCUT2D eigenvalue weighted by molar-refractivity contribution is 5.44. The van der Waals surface area contributed by atoms with Crippen molar-refractivity contribution >= 4 is 0 Å². The fourth-order valence-electron chi connectivity index (χ4n) is 2.95. The average Bonchev–Trinajstić information content (AvgIpc) is 2.56. The molecule has 0 fully saturated rings. The number of aromatic hydroxyl groups is 1. The molecule has 0 aliphatic rings. The lowest BCUT2D eigenvalue weighted by molar-refractivity contribution is 0.466. The van der Waals surface area contributed by atoms with E-state index in [2.05, 4.69) is 55.5 Å². The van der Waals surface area contributed by atoms with Gasteiger partial charge in [0, 0.05) is 11.5 Å². The van der Waals surface area contributed by atoms with E-state index in [1.54, 1.807) is 6.07 Å². The van der Waals surface area contributed by atoms with Gasteiger partial charge in [-0.3, -0.25) is 0 Å². The van der Waals surface area contributed by atoms with E-state index in [0.29, 0.717) is 5.75 Å². The summed E-state index contributed by atoms with van der Waals surface area (Å²) in [6, 6.07) is 26.6. The average molecular weight is 288 g/mol. The fraction of sp³-hybridized carbons (Fsp3) is 0.143. The zero-order chi connectivity index (χ0) is 15.4. The Kier molecular flexibility index (Phi) is 4.24. The molecule has 1 heteroatoms. The number of phenols is 1. The normalized spacial score (nSPS) is 12.0. The molecule has 1 N–H and O–H groups in total. The predicted octanol–water partition coefficient (Wildman–Crippen LogP) is 5.13. The van der Waals surface area contributed by atoms with Gasteiger partial charge in [0.25, 0.3) is 0 Å². The number of para-hydroxylation sites is 1. The molecule has 22 heavy (non-hydrogen) atoms. The summed E-state index contributed by atoms with van der Waals surface area (Å²) in [6.45, 7) is 2.15. The van der Waals surface area contributed by atoms with Gasteiger partial charge in [0.15, 0.2) is 0 Å². The molecule has 1 atom stereocenters. The van der Waals surface area contributed by atoms with Gasteiger partial charge in [-0.05, 0) is 29.2 Å². The summed E-state index contributed by atoms with van der Waals surface area (Å²) in [6.07, 6.45) is 0.912. The van der Waals surface area contributed by atoms with Crippen LogP contribution in [-0.4, -0.2) is 5.11 Å². The molecule has 0 spiro atoms. The van der Waals surface area contributed by atoms with Gasteiger partial charge in [0.2, 0.25) is 0 Å². The van der Waals surface area contributed by atoms with Gasteiger partial charge < -0.3 is 5.11 Å². The minimum absolute atomic E-state index is 0.168. The highest BCUT2D eigenvalue weighted by Gasteiger charge is 2.15. The van der Waals surface area contributed by atoms with Gasteiger partial charge in [0.05, 0.1) is 0 Å². The molecule has 3 rings (SSSR count). The van der Waals surface area contributed by atoms with Crippen molar-refractivity contribution in [2.24, 2.45) is 0 Å². The van der Waals surface area contributed by atoms with E-state index >= 15 is 0 Å². The second kappa shape index (κ2) is 6.48. The first-order valence-corrected chi connectivity index (χ1v) is 7.65. The van der Waals surface area contributed by atoms with Crippen LogP contribution in [0.1, 0.15) is 35.1 Å². The lowest BCUT2D eigenvalue weighted by Gasteiger charge is -2.18. The van der Waals surface area contributed by atoms with Gasteiger partial charge in [-0.15, -0.1) is 0 Å². The summed E-state index contributed by atoms with van der Waals surface area (Å²) in [5.41, 5.74) is 4.86. The summed E-state index contributed by atoms with van der Waals surface area (Å²) in [5, 5.41) is 10.1. The number of hydrogen-bond donors (Lipinski definition) is 1. The van der Waals surface area contributed by atoms with Gasteiger partial charge in [0.1, 0.15) is 5.75 Å². The first-order valence-electron chi connectivity index (χ1n) is 7.65. The molecule has 3 aromatic carbocycles. The Bertz CT molecular complexity index is 747. The van der Waals surface area contributed by atoms with E-state index in [1.165, 1.54) is 16.7 Å². The van der Waals surface area contributed by atoms with E-state index in [9.17, 15) is 5.11 Å². The number of phenolic OH excluding ortho intramolecular Hbond substituents is 1. The Morgan fingerprint density at radius 2 is 1.32 bits per heavy atom. The predicted molar refractivity (Wildman–Crippen MR) is 91.3 cm³/mol. The maximum Gasteiger partial charge on any atom is 0.119 e. The molecular weight excluding hydrogens is 268 g/mol. The summed E-state index contributed by atoms with van der Waals surface area (Å²) in [5.74, 6) is 0.533. The van der Waals surface area contributed by atoms with E-state index in [4.69, 9.17) is 0 Å². The third kappa shape index (κ3) is 3.04. The van der Waals surface area contributed by atoms with E-state index in [1.807, 2.05) is 24.3 Å². The smallest absolute Gasteiger partial charge is 0.119 e. The van der Waals surface area contributed by atoms with Gasteiger partial charge in [-0.25, -0.2) is 0 Å². The Labute approximate surface area is 131 Å². The fourth-order valence-corrected chi connectivity index (χ4v) is 2.95. The second-order valence-electron chi connectivity index (χ2n) is 5.64. The van der Waals surface area contributed by atoms with Crippen LogP contribution in [0.5, 0.6) is 5.75 Å². The Hall–Kier alpha value is -2.54. The van der Waals surface area contributed by atoms with Crippen LogP contribution in [0.25, 0.3) is 0 Å². The molecule has 0 saturated carbocycles. The third-order valence-electron chi connectivity index (χ3n) is 4.16. The summed E-state index contributed by atoms with van der Waals surface area (Å²) >= 11 is 0. The van der Waals surface area contributed by atoms with Crippen molar-refractivity contribution in [3.8, 4) is 5.75 Å². The minimum atomic E-state index is 0.168. The zero-order valence-electron chi connectivity index (χ0n) is 12.7. The molecule has 0 saturated heterocycles. The standard InChI is InChI=1S/C21H20O/c1-16(20-13-7-8-14-21(20)22)19-12-6-5-11-18(19)15-17-9-3-2-4-10-17/h2-14,16,22H,15H2,1H3. The van der Waals surface area contributed by atoms with Crippen LogP contribution in [0, 0.1) is 0 Å². The van der Waals surface area contributed by atoms with Crippen molar-refractivity contribution in [1.82, 2.24) is 0 Å². The summed E-state index contributed by atoms with van der Waals surface area (Å²) in [7, 11) is 0. The molecular formula is C21H20O. The molecule has 0 radical (unpaired) electrons. The maximum atomic E-state index is 10.1. The minimum Gasteiger partial charge on any atom is -0.508 e. The molecule has 1 unspecified atom stereocenters. The van der Waals surface area contributed by atoms with E-state index in [-0.39, 0.29) is 5.92 Å². The van der Waals surface area contributed by atoms with E-state index in [0.717, 1.165) is 12.0 Å². The molecule has 0 heterocycles. The van der Waals surface area contributed by atoms with Crippen LogP contribution >= 0.6 is 0 Å². The third-order valence-corrected chi connectivity index (χ3v) is 4.16. The molecule has 0 bridgehead atoms. The van der Waals surface area contributed by atoms with Crippen molar-refractivity contribution in [2.75, 3.05) is 0 Å². The molecule has 0 aliphatic heterocycles. The Morgan fingerprint density at radius 1 is 0.727 bits per heavy atom. The highest BCUT2D eigenvalue weighted by Crippen LogP contribution is 2.33. The van der Waals surface area contributed by atoms with Crippen molar-refractivity contribution in [3.63, 3.8) is 0 Å². The second-order valence-corrected chi connectivity index (χ2v) is 5.64. The van der Waals surface area contributed by atoms with Crippen LogP contribution in [-0.2, 0) is 6.42 Å². The van der Waals surface area contributed by atoms with Crippen LogP contribution in [0.3, 0.4) is 0 Å². The van der Waals surface area contributed by atoms with Crippen LogP contribution < -0.4 is 0 Å². The number of hydrogen-bond acceptors (Lipinski definition) is 1. The molecule has 1 nitrogen and oxygen atoms in total. The first-order chi connectivity index (χ1) is 10.8. The highest BCUT2D eigenvalue weighted by atomic mass is 16.3. The number of benzene rings is 3. The van der Waals surface area contributed by atoms with Crippen molar-refractivity contribution in [2.45, 2.75) is 19.3 Å². The maximum absolute atomic E-state index is 10.1. The monoisotopic (exact) mass is 288 g/mol. The lowest BCUT2D eigenvalue weighted by Crippen LogP contribution is -2.02. The Morgan fingerprint density at radius 3 is 2.05 bits per heavy atom. The quantitative estimate of drug-likeness (QED) is 0.705. The largest absolute Gasteiger partial charge is 0.508 e. The molecule has 0 aromatic heterocycles.